The van der Waals surface area contributed by atoms with Crippen LogP contribution in [0.2, 0.25) is 0 Å². The van der Waals surface area contributed by atoms with Gasteiger partial charge in [0.1, 0.15) is 5.82 Å². The second kappa shape index (κ2) is 5.88. The van der Waals surface area contributed by atoms with E-state index in [2.05, 4.69) is 10.6 Å². The number of fused-ring (bicyclic) bond motifs is 1. The summed E-state index contributed by atoms with van der Waals surface area (Å²) in [6, 6.07) is 2.50. The summed E-state index contributed by atoms with van der Waals surface area (Å²) in [5.41, 5.74) is 1.18. The van der Waals surface area contributed by atoms with Gasteiger partial charge in [-0.1, -0.05) is 12.2 Å². The molecule has 0 aromatic heterocycles. The van der Waals surface area contributed by atoms with Gasteiger partial charge in [0.2, 0.25) is 5.91 Å². The van der Waals surface area contributed by atoms with Gasteiger partial charge in [0.25, 0.3) is 5.91 Å². The van der Waals surface area contributed by atoms with Crippen LogP contribution < -0.4 is 10.6 Å². The first-order valence-electron chi connectivity index (χ1n) is 7.29. The Balaban J connectivity index is 1.76. The van der Waals surface area contributed by atoms with Crippen LogP contribution >= 0.6 is 0 Å². The van der Waals surface area contributed by atoms with Gasteiger partial charge in [0.15, 0.2) is 0 Å². The average Bonchev–Trinajstić information content (AvgIpc) is 2.94. The Kier molecular flexibility index (Phi) is 3.94. The Morgan fingerprint density at radius 1 is 1.36 bits per heavy atom. The Bertz CT molecular complexity index is 657. The molecule has 0 bridgehead atoms. The maximum Gasteiger partial charge on any atom is 0.254 e. The van der Waals surface area contributed by atoms with E-state index in [1.165, 1.54) is 12.1 Å². The lowest BCUT2D eigenvalue weighted by atomic mass is 9.99. The highest BCUT2D eigenvalue weighted by atomic mass is 19.1. The molecule has 116 valence electrons. The van der Waals surface area contributed by atoms with Crippen molar-refractivity contribution in [1.29, 1.82) is 0 Å². The van der Waals surface area contributed by atoms with Gasteiger partial charge >= 0.3 is 0 Å². The molecule has 1 heterocycles. The maximum absolute atomic E-state index is 14.1. The quantitative estimate of drug-likeness (QED) is 0.738. The van der Waals surface area contributed by atoms with E-state index in [0.29, 0.717) is 24.9 Å². The Labute approximate surface area is 127 Å². The molecule has 2 aliphatic rings. The number of rotatable bonds is 3. The van der Waals surface area contributed by atoms with Gasteiger partial charge in [-0.15, -0.1) is 0 Å². The summed E-state index contributed by atoms with van der Waals surface area (Å²) in [7, 11) is 0. The molecule has 0 saturated heterocycles. The molecule has 3 N–H and O–H groups in total. The molecular weight excluding hydrogens is 287 g/mol. The molecule has 3 rings (SSSR count). The van der Waals surface area contributed by atoms with Crippen LogP contribution in [0.15, 0.2) is 24.3 Å². The minimum Gasteiger partial charge on any atom is -0.396 e. The molecule has 1 aliphatic heterocycles. The lowest BCUT2D eigenvalue weighted by Crippen LogP contribution is -2.33. The van der Waals surface area contributed by atoms with E-state index in [4.69, 9.17) is 5.11 Å². The first kappa shape index (κ1) is 14.7. The van der Waals surface area contributed by atoms with Gasteiger partial charge in [-0.05, 0) is 30.5 Å². The highest BCUT2D eigenvalue weighted by Gasteiger charge is 2.24. The highest BCUT2D eigenvalue weighted by Crippen LogP contribution is 2.26. The monoisotopic (exact) mass is 304 g/mol. The SMILES string of the molecule is O=C1CCc2cc(C(=O)N[C@@H]3C=C[C@H](CO)C3)c(F)cc2N1. The van der Waals surface area contributed by atoms with Gasteiger partial charge in [0.05, 0.1) is 5.56 Å². The number of carbonyl (C=O) groups is 2. The van der Waals surface area contributed by atoms with Crippen LogP contribution in [0.5, 0.6) is 0 Å². The standard InChI is InChI=1S/C16H17FN2O3/c17-13-7-14-10(2-4-15(21)19-14)6-12(13)16(22)18-11-3-1-9(5-11)8-20/h1,3,6-7,9,11,20H,2,4-5,8H2,(H,18,22)(H,19,21)/t9-,11+/m0/s1. The van der Waals surface area contributed by atoms with E-state index in [9.17, 15) is 14.0 Å². The molecule has 22 heavy (non-hydrogen) atoms. The van der Waals surface area contributed by atoms with Crippen molar-refractivity contribution in [2.75, 3.05) is 11.9 Å². The number of halogens is 1. The average molecular weight is 304 g/mol. The lowest BCUT2D eigenvalue weighted by molar-refractivity contribution is -0.116. The number of carbonyl (C=O) groups excluding carboxylic acids is 2. The van der Waals surface area contributed by atoms with Crippen molar-refractivity contribution in [1.82, 2.24) is 5.32 Å². The van der Waals surface area contributed by atoms with E-state index in [1.807, 2.05) is 12.2 Å². The van der Waals surface area contributed by atoms with Gasteiger partial charge in [-0.25, -0.2) is 4.39 Å². The second-order valence-corrected chi connectivity index (χ2v) is 5.68. The predicted molar refractivity (Wildman–Crippen MR) is 78.9 cm³/mol. The van der Waals surface area contributed by atoms with Gasteiger partial charge in [-0.2, -0.15) is 0 Å². The van der Waals surface area contributed by atoms with Crippen molar-refractivity contribution in [3.8, 4) is 0 Å². The van der Waals surface area contributed by atoms with Crippen LogP contribution in [0.25, 0.3) is 0 Å². The predicted octanol–water partition coefficient (Wildman–Crippen LogP) is 1.38. The highest BCUT2D eigenvalue weighted by molar-refractivity contribution is 5.98. The summed E-state index contributed by atoms with van der Waals surface area (Å²) in [6.45, 7) is 0.0375. The third kappa shape index (κ3) is 2.87. The molecule has 6 heteroatoms. The molecule has 0 saturated carbocycles. The molecule has 1 aromatic rings. The molecule has 2 atom stereocenters. The smallest absolute Gasteiger partial charge is 0.254 e. The zero-order valence-electron chi connectivity index (χ0n) is 11.9. The number of amides is 2. The first-order valence-corrected chi connectivity index (χ1v) is 7.29. The van der Waals surface area contributed by atoms with E-state index in [1.54, 1.807) is 0 Å². The number of aliphatic hydroxyl groups excluding tert-OH is 1. The fourth-order valence-electron chi connectivity index (χ4n) is 2.84. The van der Waals surface area contributed by atoms with Crippen LogP contribution in [0.4, 0.5) is 10.1 Å². The number of aliphatic hydroxyl groups is 1. The number of anilines is 1. The zero-order chi connectivity index (χ0) is 15.7. The summed E-state index contributed by atoms with van der Waals surface area (Å²) in [4.78, 5) is 23.5. The molecule has 0 fully saturated rings. The minimum absolute atomic E-state index is 0.0178. The van der Waals surface area contributed by atoms with Gasteiger partial charge in [0, 0.05) is 30.7 Å². The molecule has 0 spiro atoms. The third-order valence-corrected chi connectivity index (χ3v) is 4.06. The summed E-state index contributed by atoms with van der Waals surface area (Å²) in [6.07, 6.45) is 5.12. The van der Waals surface area contributed by atoms with E-state index < -0.39 is 11.7 Å². The van der Waals surface area contributed by atoms with Crippen LogP contribution in [-0.4, -0.2) is 29.6 Å². The largest absolute Gasteiger partial charge is 0.396 e. The van der Waals surface area contributed by atoms with Crippen molar-refractivity contribution in [2.45, 2.75) is 25.3 Å². The molecule has 5 nitrogen and oxygen atoms in total. The lowest BCUT2D eigenvalue weighted by Gasteiger charge is -2.19. The normalized spacial score (nSPS) is 23.1. The Morgan fingerprint density at radius 3 is 2.91 bits per heavy atom. The van der Waals surface area contributed by atoms with E-state index in [-0.39, 0.29) is 30.0 Å². The molecule has 2 amide bonds. The number of aryl methyl sites for hydroxylation is 1. The van der Waals surface area contributed by atoms with Crippen LogP contribution in [0.1, 0.15) is 28.8 Å². The topological polar surface area (TPSA) is 78.4 Å². The fraction of sp³-hybridized carbons (Fsp3) is 0.375. The van der Waals surface area contributed by atoms with Crippen molar-refractivity contribution < 1.29 is 19.1 Å². The third-order valence-electron chi connectivity index (χ3n) is 4.06. The van der Waals surface area contributed by atoms with E-state index in [0.717, 1.165) is 5.56 Å². The van der Waals surface area contributed by atoms with Crippen LogP contribution in [0, 0.1) is 11.7 Å². The number of benzene rings is 1. The van der Waals surface area contributed by atoms with Crippen molar-refractivity contribution in [2.24, 2.45) is 5.92 Å². The summed E-state index contributed by atoms with van der Waals surface area (Å²) in [5, 5.41) is 14.4. The Morgan fingerprint density at radius 2 is 2.18 bits per heavy atom. The second-order valence-electron chi connectivity index (χ2n) is 5.68. The minimum atomic E-state index is -0.654. The van der Waals surface area contributed by atoms with Gasteiger partial charge in [-0.3, -0.25) is 9.59 Å². The van der Waals surface area contributed by atoms with Crippen molar-refractivity contribution in [3.63, 3.8) is 0 Å². The van der Waals surface area contributed by atoms with Crippen molar-refractivity contribution in [3.05, 3.63) is 41.2 Å². The molecule has 0 radical (unpaired) electrons. The van der Waals surface area contributed by atoms with Crippen LogP contribution in [0.3, 0.4) is 0 Å². The van der Waals surface area contributed by atoms with Crippen LogP contribution in [-0.2, 0) is 11.2 Å². The molecule has 0 unspecified atom stereocenters. The molecule has 1 aliphatic carbocycles. The maximum atomic E-state index is 14.1. The summed E-state index contributed by atoms with van der Waals surface area (Å²) in [5.74, 6) is -1.24. The fourth-order valence-corrected chi connectivity index (χ4v) is 2.84. The number of hydrogen-bond donors (Lipinski definition) is 3. The zero-order valence-corrected chi connectivity index (χ0v) is 11.9. The first-order chi connectivity index (χ1) is 10.6. The molecular formula is C16H17FN2O3. The van der Waals surface area contributed by atoms with Gasteiger partial charge < -0.3 is 15.7 Å². The number of nitrogens with one attached hydrogen (secondary N) is 2. The van der Waals surface area contributed by atoms with E-state index >= 15 is 0 Å². The number of hydrogen-bond acceptors (Lipinski definition) is 3. The summed E-state index contributed by atoms with van der Waals surface area (Å²) >= 11 is 0. The molecule has 1 aromatic carbocycles. The van der Waals surface area contributed by atoms with Crippen molar-refractivity contribution >= 4 is 17.5 Å². The Hall–Kier alpha value is -2.21. The summed E-state index contributed by atoms with van der Waals surface area (Å²) < 4.78 is 14.1.